The molecule has 0 aromatic heterocycles. The number of hydrogen-bond donors (Lipinski definition) is 1. The van der Waals surface area contributed by atoms with Crippen LogP contribution in [-0.2, 0) is 0 Å². The summed E-state index contributed by atoms with van der Waals surface area (Å²) in [4.78, 5) is 0. The smallest absolute Gasteiger partial charge is 0.0110 e. The molecule has 0 aromatic carbocycles. The van der Waals surface area contributed by atoms with Crippen LogP contribution >= 0.6 is 0 Å². The second-order valence-corrected chi connectivity index (χ2v) is 2.05. The highest BCUT2D eigenvalue weighted by Crippen LogP contribution is 2.01. The van der Waals surface area contributed by atoms with Gasteiger partial charge in [0.25, 0.3) is 0 Å². The molecule has 0 aliphatic heterocycles. The van der Waals surface area contributed by atoms with Crippen molar-refractivity contribution in [1.29, 1.82) is 0 Å². The molecule has 0 unspecified atom stereocenters. The average molecular weight is 125 g/mol. The quantitative estimate of drug-likeness (QED) is 0.570. The first-order chi connectivity index (χ1) is 4.31. The molecule has 0 rings (SSSR count). The summed E-state index contributed by atoms with van der Waals surface area (Å²) < 4.78 is 0. The monoisotopic (exact) mass is 125 g/mol. The summed E-state index contributed by atoms with van der Waals surface area (Å²) in [6.45, 7) is 6.59. The van der Waals surface area contributed by atoms with E-state index in [1.807, 2.05) is 12.2 Å². The minimum Gasteiger partial charge on any atom is -0.327 e. The molecular formula is C8H15N. The third-order valence-corrected chi connectivity index (χ3v) is 1.06. The molecule has 0 radical (unpaired) electrons. The van der Waals surface area contributed by atoms with Crippen molar-refractivity contribution < 1.29 is 0 Å². The predicted octanol–water partition coefficient (Wildman–Crippen LogP) is 1.86. The molecule has 0 aromatic rings. The lowest BCUT2D eigenvalue weighted by Gasteiger charge is -1.92. The van der Waals surface area contributed by atoms with Gasteiger partial charge in [0, 0.05) is 6.54 Å². The summed E-state index contributed by atoms with van der Waals surface area (Å²) in [7, 11) is 0. The van der Waals surface area contributed by atoms with Gasteiger partial charge in [-0.05, 0) is 6.42 Å². The molecule has 1 nitrogen and oxygen atoms in total. The Hall–Kier alpha value is -0.560. The Morgan fingerprint density at radius 3 is 2.78 bits per heavy atom. The number of rotatable bonds is 4. The van der Waals surface area contributed by atoms with Gasteiger partial charge in [-0.25, -0.2) is 0 Å². The molecule has 0 atom stereocenters. The molecule has 0 bridgehead atoms. The third-order valence-electron chi connectivity index (χ3n) is 1.06. The first kappa shape index (κ1) is 8.44. The fourth-order valence-corrected chi connectivity index (χ4v) is 0.639. The average Bonchev–Trinajstić information content (AvgIpc) is 1.85. The van der Waals surface area contributed by atoms with E-state index in [0.29, 0.717) is 6.54 Å². The Labute approximate surface area is 57.3 Å². The van der Waals surface area contributed by atoms with Crippen LogP contribution in [0.3, 0.4) is 0 Å². The van der Waals surface area contributed by atoms with Crippen molar-refractivity contribution in [3.63, 3.8) is 0 Å². The van der Waals surface area contributed by atoms with E-state index in [2.05, 4.69) is 13.5 Å². The Morgan fingerprint density at radius 1 is 1.67 bits per heavy atom. The zero-order chi connectivity index (χ0) is 7.11. The maximum atomic E-state index is 5.25. The second-order valence-electron chi connectivity index (χ2n) is 2.05. The zero-order valence-corrected chi connectivity index (χ0v) is 6.06. The van der Waals surface area contributed by atoms with Gasteiger partial charge in [0.1, 0.15) is 0 Å². The number of hydrogen-bond acceptors (Lipinski definition) is 1. The van der Waals surface area contributed by atoms with Gasteiger partial charge in [-0.3, -0.25) is 0 Å². The van der Waals surface area contributed by atoms with Crippen molar-refractivity contribution in [2.24, 2.45) is 5.73 Å². The van der Waals surface area contributed by atoms with Crippen LogP contribution in [0.2, 0.25) is 0 Å². The van der Waals surface area contributed by atoms with E-state index in [4.69, 9.17) is 5.73 Å². The summed E-state index contributed by atoms with van der Waals surface area (Å²) in [6.07, 6.45) is 6.16. The van der Waals surface area contributed by atoms with Crippen LogP contribution in [0.1, 0.15) is 19.8 Å². The Balaban J connectivity index is 3.37. The van der Waals surface area contributed by atoms with Crippen LogP contribution in [0.25, 0.3) is 0 Å². The zero-order valence-electron chi connectivity index (χ0n) is 6.06. The van der Waals surface area contributed by atoms with Gasteiger partial charge in [0.05, 0.1) is 0 Å². The molecule has 0 fully saturated rings. The lowest BCUT2D eigenvalue weighted by Crippen LogP contribution is -1.92. The van der Waals surface area contributed by atoms with E-state index in [9.17, 15) is 0 Å². The lowest BCUT2D eigenvalue weighted by molar-refractivity contribution is 0.929. The summed E-state index contributed by atoms with van der Waals surface area (Å²) >= 11 is 0. The van der Waals surface area contributed by atoms with Gasteiger partial charge in [-0.2, -0.15) is 0 Å². The highest BCUT2D eigenvalue weighted by Gasteiger charge is 1.82. The van der Waals surface area contributed by atoms with E-state index < -0.39 is 0 Å². The van der Waals surface area contributed by atoms with Crippen LogP contribution < -0.4 is 5.73 Å². The molecule has 0 saturated carbocycles. The SMILES string of the molecule is C=C(/C=C/CN)CCC. The Morgan fingerprint density at radius 2 is 2.33 bits per heavy atom. The highest BCUT2D eigenvalue weighted by molar-refractivity contribution is 5.13. The molecule has 0 saturated heterocycles. The normalized spacial score (nSPS) is 10.4. The summed E-state index contributed by atoms with van der Waals surface area (Å²) in [5.74, 6) is 0. The maximum Gasteiger partial charge on any atom is 0.0110 e. The molecule has 0 aliphatic carbocycles. The fourth-order valence-electron chi connectivity index (χ4n) is 0.639. The van der Waals surface area contributed by atoms with Gasteiger partial charge in [-0.1, -0.05) is 37.6 Å². The molecule has 9 heavy (non-hydrogen) atoms. The van der Waals surface area contributed by atoms with Crippen LogP contribution in [0.15, 0.2) is 24.3 Å². The van der Waals surface area contributed by atoms with E-state index in [1.54, 1.807) is 0 Å². The lowest BCUT2D eigenvalue weighted by atomic mass is 10.2. The van der Waals surface area contributed by atoms with Crippen molar-refractivity contribution in [2.75, 3.05) is 6.54 Å². The first-order valence-electron chi connectivity index (χ1n) is 3.35. The third kappa shape index (κ3) is 5.31. The van der Waals surface area contributed by atoms with Gasteiger partial charge >= 0.3 is 0 Å². The molecule has 0 spiro atoms. The molecule has 52 valence electrons. The van der Waals surface area contributed by atoms with Gasteiger partial charge in [0.2, 0.25) is 0 Å². The van der Waals surface area contributed by atoms with Crippen molar-refractivity contribution in [3.8, 4) is 0 Å². The molecule has 1 heteroatoms. The van der Waals surface area contributed by atoms with Crippen LogP contribution in [0.4, 0.5) is 0 Å². The van der Waals surface area contributed by atoms with Gasteiger partial charge in [-0.15, -0.1) is 0 Å². The molecule has 0 heterocycles. The molecule has 2 N–H and O–H groups in total. The standard InChI is InChI=1S/C8H15N/c1-3-5-8(2)6-4-7-9/h4,6H,2-3,5,7,9H2,1H3/b6-4+. The predicted molar refractivity (Wildman–Crippen MR) is 42.2 cm³/mol. The van der Waals surface area contributed by atoms with E-state index in [-0.39, 0.29) is 0 Å². The fraction of sp³-hybridized carbons (Fsp3) is 0.500. The van der Waals surface area contributed by atoms with Crippen molar-refractivity contribution in [2.45, 2.75) is 19.8 Å². The molecule has 0 aliphatic rings. The minimum atomic E-state index is 0.614. The van der Waals surface area contributed by atoms with E-state index in [1.165, 1.54) is 5.57 Å². The maximum absolute atomic E-state index is 5.25. The Kier molecular flexibility index (Phi) is 5.23. The van der Waals surface area contributed by atoms with Gasteiger partial charge in [0.15, 0.2) is 0 Å². The van der Waals surface area contributed by atoms with Crippen LogP contribution in [-0.4, -0.2) is 6.54 Å². The largest absolute Gasteiger partial charge is 0.327 e. The van der Waals surface area contributed by atoms with Gasteiger partial charge < -0.3 is 5.73 Å². The van der Waals surface area contributed by atoms with E-state index >= 15 is 0 Å². The Bertz CT molecular complexity index is 103. The topological polar surface area (TPSA) is 26.0 Å². The van der Waals surface area contributed by atoms with Crippen molar-refractivity contribution in [3.05, 3.63) is 24.3 Å². The van der Waals surface area contributed by atoms with Crippen molar-refractivity contribution >= 4 is 0 Å². The number of nitrogens with two attached hydrogens (primary N) is 1. The summed E-state index contributed by atoms with van der Waals surface area (Å²) in [5, 5.41) is 0. The molecule has 0 amide bonds. The first-order valence-corrected chi connectivity index (χ1v) is 3.35. The molecular weight excluding hydrogens is 110 g/mol. The minimum absolute atomic E-state index is 0.614. The van der Waals surface area contributed by atoms with E-state index in [0.717, 1.165) is 12.8 Å². The second kappa shape index (κ2) is 5.57. The van der Waals surface area contributed by atoms with Crippen LogP contribution in [0, 0.1) is 0 Å². The van der Waals surface area contributed by atoms with Crippen molar-refractivity contribution in [1.82, 2.24) is 0 Å². The highest BCUT2D eigenvalue weighted by atomic mass is 14.5. The summed E-state index contributed by atoms with van der Waals surface area (Å²) in [6, 6.07) is 0. The van der Waals surface area contributed by atoms with Crippen LogP contribution in [0.5, 0.6) is 0 Å². The number of allylic oxidation sites excluding steroid dienone is 2. The summed E-state index contributed by atoms with van der Waals surface area (Å²) in [5.41, 5.74) is 6.41.